The van der Waals surface area contributed by atoms with Crippen LogP contribution in [0, 0.1) is 0 Å². The Labute approximate surface area is 183 Å². The van der Waals surface area contributed by atoms with Crippen LogP contribution >= 0.6 is 0 Å². The molecule has 0 bridgehead atoms. The Kier molecular flexibility index (Phi) is 6.70. The van der Waals surface area contributed by atoms with E-state index in [0.29, 0.717) is 23.5 Å². The summed E-state index contributed by atoms with van der Waals surface area (Å²) in [4.78, 5) is 42.6. The fourth-order valence-electron chi connectivity index (χ4n) is 4.90. The lowest BCUT2D eigenvalue weighted by molar-refractivity contribution is -0.132. The predicted molar refractivity (Wildman–Crippen MR) is 120 cm³/mol. The summed E-state index contributed by atoms with van der Waals surface area (Å²) in [6.45, 7) is 6.37. The van der Waals surface area contributed by atoms with Crippen LogP contribution in [0.2, 0.25) is 0 Å². The zero-order chi connectivity index (χ0) is 21.8. The van der Waals surface area contributed by atoms with Crippen molar-refractivity contribution in [2.75, 3.05) is 32.7 Å². The number of carbonyl (C=O) groups is 3. The molecule has 2 fully saturated rings. The monoisotopic (exact) mass is 424 g/mol. The number of aromatic nitrogens is 1. The maximum Gasteiger partial charge on any atom is 0.292 e. The van der Waals surface area contributed by atoms with Gasteiger partial charge < -0.3 is 14.8 Å². The first kappa shape index (κ1) is 21.6. The lowest BCUT2D eigenvalue weighted by atomic mass is 10.1. The van der Waals surface area contributed by atoms with E-state index in [0.717, 1.165) is 57.4 Å². The van der Waals surface area contributed by atoms with Gasteiger partial charge in [-0.3, -0.25) is 19.3 Å². The van der Waals surface area contributed by atoms with Gasteiger partial charge in [0.2, 0.25) is 5.91 Å². The number of amides is 2. The number of likely N-dealkylation sites (N-methyl/N-ethyl adjacent to an activating group) is 1. The second kappa shape index (κ2) is 9.64. The van der Waals surface area contributed by atoms with Gasteiger partial charge in [-0.05, 0) is 51.3 Å². The first-order valence-electron chi connectivity index (χ1n) is 11.5. The molecule has 31 heavy (non-hydrogen) atoms. The van der Waals surface area contributed by atoms with Crippen LogP contribution in [0.3, 0.4) is 0 Å². The number of ketones is 1. The molecule has 166 valence electrons. The van der Waals surface area contributed by atoms with Crippen molar-refractivity contribution in [2.45, 2.75) is 51.6 Å². The van der Waals surface area contributed by atoms with Gasteiger partial charge in [0.15, 0.2) is 0 Å². The third kappa shape index (κ3) is 4.66. The number of carbonyl (C=O) groups excluding carboxylic acids is 3. The van der Waals surface area contributed by atoms with Gasteiger partial charge in [0.05, 0.1) is 5.56 Å². The Balaban J connectivity index is 1.48. The molecule has 2 aliphatic rings. The van der Waals surface area contributed by atoms with Crippen LogP contribution < -0.4 is 5.32 Å². The normalized spacial score (nSPS) is 19.6. The second-order valence-corrected chi connectivity index (χ2v) is 8.59. The zero-order valence-corrected chi connectivity index (χ0v) is 18.3. The third-order valence-electron chi connectivity index (χ3n) is 6.66. The van der Waals surface area contributed by atoms with Crippen molar-refractivity contribution in [3.05, 3.63) is 36.0 Å². The maximum absolute atomic E-state index is 13.0. The molecule has 0 aliphatic carbocycles. The summed E-state index contributed by atoms with van der Waals surface area (Å²) < 4.78 is 1.81. The number of Topliss-reactive ketones (excluding diaryl/α,β-unsaturated/α-hetero) is 1. The van der Waals surface area contributed by atoms with Crippen molar-refractivity contribution in [1.82, 2.24) is 19.7 Å². The number of nitrogens with one attached hydrogen (secondary N) is 1. The number of rotatable bonds is 7. The van der Waals surface area contributed by atoms with Gasteiger partial charge in [-0.1, -0.05) is 25.1 Å². The molecule has 1 aromatic carbocycles. The SMILES string of the molecule is CCN1CCC[C@@H]1CNC(=O)C(=O)c1cn(CC(=O)N2CCCCC2)c2ccccc12. The van der Waals surface area contributed by atoms with Crippen molar-refractivity contribution < 1.29 is 14.4 Å². The summed E-state index contributed by atoms with van der Waals surface area (Å²) in [6, 6.07) is 7.77. The van der Waals surface area contributed by atoms with Crippen LogP contribution in [-0.4, -0.2) is 70.7 Å². The quantitative estimate of drug-likeness (QED) is 0.547. The van der Waals surface area contributed by atoms with Crippen LogP contribution in [0.5, 0.6) is 0 Å². The van der Waals surface area contributed by atoms with E-state index < -0.39 is 11.7 Å². The minimum Gasteiger partial charge on any atom is -0.348 e. The number of likely N-dealkylation sites (tertiary alicyclic amines) is 2. The highest BCUT2D eigenvalue weighted by Gasteiger charge is 2.27. The topological polar surface area (TPSA) is 74.6 Å². The van der Waals surface area contributed by atoms with Crippen molar-refractivity contribution in [3.63, 3.8) is 0 Å². The molecule has 3 heterocycles. The molecule has 2 aliphatic heterocycles. The molecule has 2 amide bonds. The van der Waals surface area contributed by atoms with E-state index in [4.69, 9.17) is 0 Å². The highest BCUT2D eigenvalue weighted by atomic mass is 16.2. The number of hydrogen-bond donors (Lipinski definition) is 1. The first-order valence-corrected chi connectivity index (χ1v) is 11.5. The summed E-state index contributed by atoms with van der Waals surface area (Å²) >= 11 is 0. The fraction of sp³-hybridized carbons (Fsp3) is 0.542. The maximum atomic E-state index is 13.0. The van der Waals surface area contributed by atoms with Gasteiger partial charge in [-0.25, -0.2) is 0 Å². The van der Waals surface area contributed by atoms with Crippen LogP contribution in [-0.2, 0) is 16.1 Å². The second-order valence-electron chi connectivity index (χ2n) is 8.59. The molecule has 0 spiro atoms. The van der Waals surface area contributed by atoms with E-state index in [-0.39, 0.29) is 12.5 Å². The summed E-state index contributed by atoms with van der Waals surface area (Å²) in [5.74, 6) is -1.06. The number of hydrogen-bond acceptors (Lipinski definition) is 4. The van der Waals surface area contributed by atoms with Crippen LogP contribution in [0.1, 0.15) is 49.4 Å². The Bertz CT molecular complexity index is 961. The molecule has 1 aromatic heterocycles. The predicted octanol–water partition coefficient (Wildman–Crippen LogP) is 2.44. The molecule has 1 atom stereocenters. The summed E-state index contributed by atoms with van der Waals surface area (Å²) in [6.07, 6.45) is 7.08. The van der Waals surface area contributed by atoms with Gasteiger partial charge in [-0.15, -0.1) is 0 Å². The average Bonchev–Trinajstić information content (AvgIpc) is 3.42. The average molecular weight is 425 g/mol. The van der Waals surface area contributed by atoms with Gasteiger partial charge in [-0.2, -0.15) is 0 Å². The smallest absolute Gasteiger partial charge is 0.292 e. The van der Waals surface area contributed by atoms with Gasteiger partial charge in [0, 0.05) is 42.8 Å². The summed E-state index contributed by atoms with van der Waals surface area (Å²) in [7, 11) is 0. The first-order chi connectivity index (χ1) is 15.1. The molecule has 0 saturated carbocycles. The molecule has 0 unspecified atom stereocenters. The van der Waals surface area contributed by atoms with Crippen LogP contribution in [0.15, 0.2) is 30.5 Å². The van der Waals surface area contributed by atoms with Crippen LogP contribution in [0.4, 0.5) is 0 Å². The molecule has 4 rings (SSSR count). The van der Waals surface area contributed by atoms with E-state index in [1.54, 1.807) is 6.20 Å². The fourth-order valence-corrected chi connectivity index (χ4v) is 4.90. The molecule has 1 N–H and O–H groups in total. The number of piperidine rings is 1. The lowest BCUT2D eigenvalue weighted by Crippen LogP contribution is -2.42. The third-order valence-corrected chi connectivity index (χ3v) is 6.66. The summed E-state index contributed by atoms with van der Waals surface area (Å²) in [5.41, 5.74) is 1.16. The van der Waals surface area contributed by atoms with Gasteiger partial charge in [0.1, 0.15) is 6.54 Å². The molecular formula is C24H32N4O3. The van der Waals surface area contributed by atoms with Gasteiger partial charge >= 0.3 is 0 Å². The molecular weight excluding hydrogens is 392 g/mol. The number of benzene rings is 1. The molecule has 7 heteroatoms. The molecule has 0 radical (unpaired) electrons. The van der Waals surface area contributed by atoms with Crippen molar-refractivity contribution in [3.8, 4) is 0 Å². The molecule has 7 nitrogen and oxygen atoms in total. The number of para-hydroxylation sites is 1. The van der Waals surface area contributed by atoms with Gasteiger partial charge in [0.25, 0.3) is 11.7 Å². The Morgan fingerprint density at radius 3 is 2.58 bits per heavy atom. The van der Waals surface area contributed by atoms with E-state index in [1.807, 2.05) is 33.7 Å². The minimum atomic E-state index is -0.576. The van der Waals surface area contributed by atoms with Crippen molar-refractivity contribution in [2.24, 2.45) is 0 Å². The Morgan fingerprint density at radius 2 is 1.81 bits per heavy atom. The number of nitrogens with zero attached hydrogens (tertiary/aromatic N) is 3. The van der Waals surface area contributed by atoms with E-state index in [1.165, 1.54) is 6.42 Å². The standard InChI is InChI=1S/C24H32N4O3/c1-2-26-14-8-9-18(26)15-25-24(31)23(30)20-16-28(21-11-5-4-10-19(20)21)17-22(29)27-12-6-3-7-13-27/h4-5,10-11,16,18H,2-3,6-9,12-15,17H2,1H3,(H,25,31)/t18-/m1/s1. The molecule has 2 aromatic rings. The van der Waals surface area contributed by atoms with Crippen molar-refractivity contribution >= 4 is 28.5 Å². The lowest BCUT2D eigenvalue weighted by Gasteiger charge is -2.27. The highest BCUT2D eigenvalue weighted by molar-refractivity contribution is 6.45. The molecule has 2 saturated heterocycles. The largest absolute Gasteiger partial charge is 0.348 e. The number of fused-ring (bicyclic) bond motifs is 1. The Hall–Kier alpha value is -2.67. The van der Waals surface area contributed by atoms with E-state index in [2.05, 4.69) is 17.1 Å². The van der Waals surface area contributed by atoms with E-state index >= 15 is 0 Å². The van der Waals surface area contributed by atoms with E-state index in [9.17, 15) is 14.4 Å². The van der Waals surface area contributed by atoms with Crippen molar-refractivity contribution in [1.29, 1.82) is 0 Å². The van der Waals surface area contributed by atoms with Crippen LogP contribution in [0.25, 0.3) is 10.9 Å². The minimum absolute atomic E-state index is 0.0600. The Morgan fingerprint density at radius 1 is 1.03 bits per heavy atom. The zero-order valence-electron chi connectivity index (χ0n) is 18.3. The summed E-state index contributed by atoms with van der Waals surface area (Å²) in [5, 5.41) is 3.55. The highest BCUT2D eigenvalue weighted by Crippen LogP contribution is 2.23.